The maximum Gasteiger partial charge on any atom is 0.315 e. The molecule has 32 heavy (non-hydrogen) atoms. The molecular formula is C24H33N3O4S. The van der Waals surface area contributed by atoms with Gasteiger partial charge in [-0.1, -0.05) is 38.1 Å². The zero-order valence-electron chi connectivity index (χ0n) is 19.2. The summed E-state index contributed by atoms with van der Waals surface area (Å²) in [6, 6.07) is 13.9. The molecule has 0 unspecified atom stereocenters. The fourth-order valence-corrected chi connectivity index (χ4v) is 5.28. The van der Waals surface area contributed by atoms with Crippen molar-refractivity contribution in [1.29, 1.82) is 0 Å². The van der Waals surface area contributed by atoms with Gasteiger partial charge in [0.2, 0.25) is 10.0 Å². The number of nitrogens with one attached hydrogen (secondary N) is 2. The highest BCUT2D eigenvalue weighted by Gasteiger charge is 2.33. The minimum atomic E-state index is -3.50. The number of rotatable bonds is 10. The van der Waals surface area contributed by atoms with E-state index in [0.29, 0.717) is 19.0 Å². The Hall–Kier alpha value is -2.58. The highest BCUT2D eigenvalue weighted by molar-refractivity contribution is 7.89. The van der Waals surface area contributed by atoms with Crippen molar-refractivity contribution < 1.29 is 17.9 Å². The first-order valence-electron chi connectivity index (χ1n) is 11.1. The number of methoxy groups -OCH3 is 1. The largest absolute Gasteiger partial charge is 0.497 e. The Bertz CT molecular complexity index is 999. The van der Waals surface area contributed by atoms with Gasteiger partial charge in [0.05, 0.1) is 24.1 Å². The SMILES string of the molecule is CCN(CC)S(=O)(=O)c1ccc([C@@H](C)NC(=O)N[C@H](c2ccc(OC)cc2)C2CC2)cc1. The molecule has 2 N–H and O–H groups in total. The number of hydrogen-bond donors (Lipinski definition) is 2. The summed E-state index contributed by atoms with van der Waals surface area (Å²) < 4.78 is 32.0. The zero-order valence-corrected chi connectivity index (χ0v) is 20.0. The first kappa shape index (κ1) is 24.1. The molecule has 8 heteroatoms. The molecule has 0 radical (unpaired) electrons. The van der Waals surface area contributed by atoms with E-state index in [-0.39, 0.29) is 23.0 Å². The van der Waals surface area contributed by atoms with E-state index in [1.54, 1.807) is 31.4 Å². The van der Waals surface area contributed by atoms with Gasteiger partial charge in [0.1, 0.15) is 5.75 Å². The molecule has 1 aliphatic carbocycles. The number of nitrogens with zero attached hydrogens (tertiary/aromatic N) is 1. The van der Waals surface area contributed by atoms with Gasteiger partial charge in [-0.15, -0.1) is 0 Å². The monoisotopic (exact) mass is 459 g/mol. The molecule has 2 aromatic carbocycles. The Kier molecular flexibility index (Phi) is 7.79. The molecule has 1 aliphatic rings. The zero-order chi connectivity index (χ0) is 23.3. The van der Waals surface area contributed by atoms with Gasteiger partial charge >= 0.3 is 6.03 Å². The normalized spacial score (nSPS) is 15.8. The van der Waals surface area contributed by atoms with Crippen LogP contribution in [0.5, 0.6) is 5.75 Å². The number of carbonyl (C=O) groups excluding carboxylic acids is 1. The van der Waals surface area contributed by atoms with Crippen molar-refractivity contribution in [3.63, 3.8) is 0 Å². The highest BCUT2D eigenvalue weighted by Crippen LogP contribution is 2.41. The number of hydrogen-bond acceptors (Lipinski definition) is 4. The lowest BCUT2D eigenvalue weighted by molar-refractivity contribution is 0.232. The van der Waals surface area contributed by atoms with E-state index in [0.717, 1.165) is 29.7 Å². The van der Waals surface area contributed by atoms with Crippen molar-refractivity contribution in [2.24, 2.45) is 5.92 Å². The highest BCUT2D eigenvalue weighted by atomic mass is 32.2. The van der Waals surface area contributed by atoms with Crippen LogP contribution < -0.4 is 15.4 Å². The Labute approximate surface area is 191 Å². The molecule has 1 fully saturated rings. The summed E-state index contributed by atoms with van der Waals surface area (Å²) in [4.78, 5) is 13.0. The van der Waals surface area contributed by atoms with Crippen molar-refractivity contribution in [3.8, 4) is 5.75 Å². The van der Waals surface area contributed by atoms with Gasteiger partial charge in [-0.25, -0.2) is 13.2 Å². The minimum absolute atomic E-state index is 0.0466. The third-order valence-electron chi connectivity index (χ3n) is 5.93. The molecule has 1 saturated carbocycles. The van der Waals surface area contributed by atoms with Gasteiger partial charge in [-0.05, 0) is 61.1 Å². The molecule has 7 nitrogen and oxygen atoms in total. The van der Waals surface area contributed by atoms with E-state index in [1.165, 1.54) is 4.31 Å². The molecule has 0 saturated heterocycles. The quantitative estimate of drug-likeness (QED) is 0.556. The molecule has 0 aliphatic heterocycles. The molecular weight excluding hydrogens is 426 g/mol. The Balaban J connectivity index is 1.64. The van der Waals surface area contributed by atoms with Crippen LogP contribution in [0.25, 0.3) is 0 Å². The average Bonchev–Trinajstić information content (AvgIpc) is 3.63. The van der Waals surface area contributed by atoms with Crippen LogP contribution in [-0.4, -0.2) is 39.0 Å². The third kappa shape index (κ3) is 5.61. The molecule has 2 aromatic rings. The van der Waals surface area contributed by atoms with Crippen LogP contribution in [-0.2, 0) is 10.0 Å². The summed E-state index contributed by atoms with van der Waals surface area (Å²) in [5.74, 6) is 1.22. The van der Waals surface area contributed by atoms with Gasteiger partial charge in [0.25, 0.3) is 0 Å². The first-order chi connectivity index (χ1) is 15.3. The minimum Gasteiger partial charge on any atom is -0.497 e. The van der Waals surface area contributed by atoms with E-state index in [1.807, 2.05) is 45.0 Å². The van der Waals surface area contributed by atoms with Gasteiger partial charge in [-0.3, -0.25) is 0 Å². The Morgan fingerprint density at radius 3 is 2.06 bits per heavy atom. The lowest BCUT2D eigenvalue weighted by Gasteiger charge is -2.22. The van der Waals surface area contributed by atoms with E-state index in [9.17, 15) is 13.2 Å². The van der Waals surface area contributed by atoms with Gasteiger partial charge in [-0.2, -0.15) is 4.31 Å². The summed E-state index contributed by atoms with van der Waals surface area (Å²) in [5, 5.41) is 6.08. The number of sulfonamides is 1. The second kappa shape index (κ2) is 10.4. The summed E-state index contributed by atoms with van der Waals surface area (Å²) in [7, 11) is -1.87. The first-order valence-corrected chi connectivity index (χ1v) is 12.5. The third-order valence-corrected chi connectivity index (χ3v) is 7.99. The predicted octanol–water partition coefficient (Wildman–Crippen LogP) is 4.24. The molecule has 2 amide bonds. The Morgan fingerprint density at radius 2 is 1.56 bits per heavy atom. The van der Waals surface area contributed by atoms with Crippen molar-refractivity contribution >= 4 is 16.1 Å². The molecule has 0 bridgehead atoms. The fraction of sp³-hybridized carbons (Fsp3) is 0.458. The second-order valence-electron chi connectivity index (χ2n) is 8.09. The topological polar surface area (TPSA) is 87.7 Å². The predicted molar refractivity (Wildman–Crippen MR) is 125 cm³/mol. The van der Waals surface area contributed by atoms with Gasteiger partial charge in [0, 0.05) is 13.1 Å². The number of urea groups is 1. The summed E-state index contributed by atoms with van der Waals surface area (Å²) in [6.45, 7) is 6.37. The van der Waals surface area contributed by atoms with E-state index in [2.05, 4.69) is 10.6 Å². The number of benzene rings is 2. The number of carbonyl (C=O) groups is 1. The van der Waals surface area contributed by atoms with Crippen LogP contribution in [0, 0.1) is 5.92 Å². The van der Waals surface area contributed by atoms with Crippen molar-refractivity contribution in [2.45, 2.75) is 50.6 Å². The van der Waals surface area contributed by atoms with E-state index < -0.39 is 10.0 Å². The summed E-state index contributed by atoms with van der Waals surface area (Å²) in [5.41, 5.74) is 1.90. The smallest absolute Gasteiger partial charge is 0.315 e. The van der Waals surface area contributed by atoms with Crippen LogP contribution in [0.4, 0.5) is 4.79 Å². The van der Waals surface area contributed by atoms with Crippen LogP contribution >= 0.6 is 0 Å². The van der Waals surface area contributed by atoms with Crippen molar-refractivity contribution in [2.75, 3.05) is 20.2 Å². The van der Waals surface area contributed by atoms with Crippen LogP contribution in [0.3, 0.4) is 0 Å². The van der Waals surface area contributed by atoms with Gasteiger partial charge < -0.3 is 15.4 Å². The van der Waals surface area contributed by atoms with Crippen molar-refractivity contribution in [3.05, 3.63) is 59.7 Å². The lowest BCUT2D eigenvalue weighted by Crippen LogP contribution is -2.40. The van der Waals surface area contributed by atoms with Gasteiger partial charge in [0.15, 0.2) is 0 Å². The van der Waals surface area contributed by atoms with Crippen LogP contribution in [0.15, 0.2) is 53.4 Å². The number of ether oxygens (including phenoxy) is 1. The van der Waals surface area contributed by atoms with Crippen molar-refractivity contribution in [1.82, 2.24) is 14.9 Å². The fourth-order valence-electron chi connectivity index (χ4n) is 3.82. The second-order valence-corrected chi connectivity index (χ2v) is 10.0. The Morgan fingerprint density at radius 1 is 1.00 bits per heavy atom. The number of amides is 2. The molecule has 2 atom stereocenters. The van der Waals surface area contributed by atoms with E-state index in [4.69, 9.17) is 4.74 Å². The molecule has 0 heterocycles. The summed E-state index contributed by atoms with van der Waals surface area (Å²) in [6.07, 6.45) is 2.18. The van der Waals surface area contributed by atoms with E-state index >= 15 is 0 Å². The molecule has 3 rings (SSSR count). The molecule has 0 spiro atoms. The standard InChI is InChI=1S/C24H33N3O4S/c1-5-27(6-2)32(29,30)22-15-11-18(12-16-22)17(3)25-24(28)26-23(19-7-8-19)20-9-13-21(31-4)14-10-20/h9-17,19,23H,5-8H2,1-4H3,(H2,25,26,28)/t17-,23+/m1/s1. The molecule has 0 aromatic heterocycles. The van der Waals surface area contributed by atoms with Crippen LogP contribution in [0.1, 0.15) is 56.8 Å². The lowest BCUT2D eigenvalue weighted by atomic mass is 10.0. The summed E-state index contributed by atoms with van der Waals surface area (Å²) >= 11 is 0. The maximum atomic E-state index is 12.7. The maximum absolute atomic E-state index is 12.7. The molecule has 174 valence electrons. The van der Waals surface area contributed by atoms with Crippen LogP contribution in [0.2, 0.25) is 0 Å². The average molecular weight is 460 g/mol.